The normalized spacial score (nSPS) is 41.5. The van der Waals surface area contributed by atoms with Gasteiger partial charge in [-0.05, 0) is 99.3 Å². The molecule has 2 bridgehead atoms. The van der Waals surface area contributed by atoms with Crippen LogP contribution in [0.5, 0.6) is 0 Å². The van der Waals surface area contributed by atoms with E-state index >= 15 is 0 Å². The Labute approximate surface area is 277 Å². The summed E-state index contributed by atoms with van der Waals surface area (Å²) in [4.78, 5) is 30.1. The molecule has 9 atom stereocenters. The molecule has 1 saturated heterocycles. The summed E-state index contributed by atoms with van der Waals surface area (Å²) in [5, 5.41) is 26.9. The number of hydrogen-bond acceptors (Lipinski definition) is 6. The molecule has 47 heavy (non-hydrogen) atoms. The number of ketones is 1. The highest BCUT2D eigenvalue weighted by Gasteiger charge is 2.74. The molecule has 8 heteroatoms. The molecule has 7 aliphatic rings. The number of benzene rings is 1. The van der Waals surface area contributed by atoms with E-state index in [9.17, 15) is 19.8 Å². The number of furan rings is 1. The quantitative estimate of drug-likeness (QED) is 0.228. The number of urea groups is 1. The number of fused-ring (bicyclic) bond motifs is 1. The Balaban J connectivity index is 1.17. The lowest BCUT2D eigenvalue weighted by molar-refractivity contribution is -0.175. The number of nitrogens with zero attached hydrogens (tertiary/aromatic N) is 1. The van der Waals surface area contributed by atoms with Crippen LogP contribution < -0.4 is 5.32 Å². The molecule has 6 aliphatic carbocycles. The molecule has 250 valence electrons. The number of nitrogens with one attached hydrogen (secondary N) is 1. The minimum absolute atomic E-state index is 0.0103. The van der Waals surface area contributed by atoms with Crippen molar-refractivity contribution in [3.63, 3.8) is 0 Å². The number of aliphatic hydroxyl groups excluding tert-OH is 1. The fourth-order valence-electron chi connectivity index (χ4n) is 11.4. The van der Waals surface area contributed by atoms with Crippen molar-refractivity contribution in [1.29, 1.82) is 0 Å². The molecule has 3 saturated carbocycles. The van der Waals surface area contributed by atoms with Gasteiger partial charge in [-0.2, -0.15) is 0 Å². The maximum atomic E-state index is 14.4. The second-order valence-electron chi connectivity index (χ2n) is 15.9. The van der Waals surface area contributed by atoms with Crippen LogP contribution in [0.2, 0.25) is 0 Å². The van der Waals surface area contributed by atoms with Crippen molar-refractivity contribution in [3.05, 3.63) is 78.3 Å². The Bertz CT molecular complexity index is 1600. The lowest BCUT2D eigenvalue weighted by Gasteiger charge is -2.71. The van der Waals surface area contributed by atoms with E-state index in [1.54, 1.807) is 23.3 Å². The standard InChI is InChI=1S/C39H48N2O6/c1-35-15-12-27(42)22-37(35)18-19-39(29(23-37)33(43)30-11-7-21-47-30)31(35)13-16-36(2)32(39)14-17-38(36,45)25-41(24-28-10-6-20-46-28)34(44)40-26-8-4-3-5-9-26/h3-5,7-9,11,18-19,21,23,27-28,31-32,42,45H,6,10,12-17,20,22,24-25H2,1-2H3,(H,40,44). The molecule has 2 heterocycles. The summed E-state index contributed by atoms with van der Waals surface area (Å²) >= 11 is 0. The number of para-hydroxylation sites is 1. The van der Waals surface area contributed by atoms with Gasteiger partial charge in [0, 0.05) is 40.7 Å². The van der Waals surface area contributed by atoms with Gasteiger partial charge in [-0.15, -0.1) is 0 Å². The number of anilines is 1. The van der Waals surface area contributed by atoms with Crippen molar-refractivity contribution < 1.29 is 29.0 Å². The number of Topliss-reactive ketones (excluding diaryl/α,β-unsaturated/α-hetero) is 1. The Morgan fingerprint density at radius 3 is 2.47 bits per heavy atom. The summed E-state index contributed by atoms with van der Waals surface area (Å²) in [7, 11) is 0. The van der Waals surface area contributed by atoms with Gasteiger partial charge in [0.2, 0.25) is 5.78 Å². The third-order valence-corrected chi connectivity index (χ3v) is 13.9. The molecule has 1 aromatic heterocycles. The van der Waals surface area contributed by atoms with E-state index in [1.807, 2.05) is 30.3 Å². The maximum Gasteiger partial charge on any atom is 0.322 e. The second kappa shape index (κ2) is 10.9. The molecule has 9 rings (SSSR count). The largest absolute Gasteiger partial charge is 0.461 e. The number of rotatable bonds is 7. The summed E-state index contributed by atoms with van der Waals surface area (Å²) in [6, 6.07) is 12.7. The highest BCUT2D eigenvalue weighted by molar-refractivity contribution is 6.08. The number of allylic oxidation sites excluding steroid dienone is 4. The van der Waals surface area contributed by atoms with Crippen molar-refractivity contribution in [2.45, 2.75) is 89.4 Å². The van der Waals surface area contributed by atoms with Crippen molar-refractivity contribution in [3.8, 4) is 0 Å². The van der Waals surface area contributed by atoms with Crippen LogP contribution in [0, 0.1) is 33.5 Å². The Kier molecular flexibility index (Phi) is 7.22. The van der Waals surface area contributed by atoms with Gasteiger partial charge in [-0.3, -0.25) is 4.79 Å². The molecule has 0 radical (unpaired) electrons. The molecule has 8 nitrogen and oxygen atoms in total. The van der Waals surface area contributed by atoms with E-state index in [1.165, 1.54) is 0 Å². The maximum absolute atomic E-state index is 14.4. The Hall–Kier alpha value is -3.20. The SMILES string of the molecule is CC12CCC(O)CC13C=CC1(C(C(=O)c4ccco4)=C3)C2CCC2(C)C1CCC2(O)CN(CC1CCCO1)C(=O)Nc1ccccc1. The number of amides is 2. The van der Waals surface area contributed by atoms with Crippen LogP contribution in [0.15, 0.2) is 76.9 Å². The molecule has 1 aromatic carbocycles. The first-order chi connectivity index (χ1) is 22.5. The third kappa shape index (κ3) is 4.43. The fourth-order valence-corrected chi connectivity index (χ4v) is 11.4. The van der Waals surface area contributed by atoms with Gasteiger partial charge >= 0.3 is 6.03 Å². The first-order valence-electron chi connectivity index (χ1n) is 17.7. The average Bonchev–Trinajstić information content (AvgIpc) is 3.83. The van der Waals surface area contributed by atoms with Crippen LogP contribution in [0.4, 0.5) is 10.5 Å². The number of aliphatic hydroxyl groups is 2. The van der Waals surface area contributed by atoms with Gasteiger partial charge in [-0.1, -0.05) is 50.3 Å². The van der Waals surface area contributed by atoms with Gasteiger partial charge in [0.1, 0.15) is 0 Å². The molecule has 3 N–H and O–H groups in total. The lowest BCUT2D eigenvalue weighted by Crippen LogP contribution is -2.67. The van der Waals surface area contributed by atoms with Crippen molar-refractivity contribution in [2.75, 3.05) is 25.0 Å². The second-order valence-corrected chi connectivity index (χ2v) is 15.9. The molecule has 2 amide bonds. The highest BCUT2D eigenvalue weighted by atomic mass is 16.5. The number of carbonyl (C=O) groups is 2. The van der Waals surface area contributed by atoms with Crippen LogP contribution in [-0.4, -0.2) is 64.4 Å². The molecule has 4 fully saturated rings. The smallest absolute Gasteiger partial charge is 0.322 e. The molecule has 2 spiro atoms. The minimum atomic E-state index is -1.16. The summed E-state index contributed by atoms with van der Waals surface area (Å²) in [6.07, 6.45) is 15.0. The summed E-state index contributed by atoms with van der Waals surface area (Å²) < 4.78 is 11.7. The van der Waals surface area contributed by atoms with Crippen LogP contribution in [-0.2, 0) is 4.74 Å². The topological polar surface area (TPSA) is 112 Å². The van der Waals surface area contributed by atoms with Gasteiger partial charge in [-0.25, -0.2) is 4.79 Å². The molecular formula is C39H48N2O6. The van der Waals surface area contributed by atoms with Gasteiger partial charge in [0.05, 0.1) is 30.6 Å². The van der Waals surface area contributed by atoms with E-state index < -0.39 is 27.9 Å². The predicted octanol–water partition coefficient (Wildman–Crippen LogP) is 6.77. The number of hydrogen-bond donors (Lipinski definition) is 3. The zero-order chi connectivity index (χ0) is 32.7. The van der Waals surface area contributed by atoms with Crippen LogP contribution in [0.3, 0.4) is 0 Å². The average molecular weight is 641 g/mol. The van der Waals surface area contributed by atoms with E-state index in [-0.39, 0.29) is 41.7 Å². The third-order valence-electron chi connectivity index (χ3n) is 13.9. The summed E-state index contributed by atoms with van der Waals surface area (Å²) in [6.45, 7) is 5.89. The molecule has 1 aliphatic heterocycles. The number of carbonyl (C=O) groups excluding carboxylic acids is 2. The van der Waals surface area contributed by atoms with Gasteiger partial charge in [0.15, 0.2) is 5.76 Å². The minimum Gasteiger partial charge on any atom is -0.461 e. The summed E-state index contributed by atoms with van der Waals surface area (Å²) in [5.41, 5.74) is -1.32. The van der Waals surface area contributed by atoms with Gasteiger partial charge < -0.3 is 29.6 Å². The van der Waals surface area contributed by atoms with Crippen molar-refractivity contribution in [1.82, 2.24) is 4.90 Å². The number of ether oxygens (including phenoxy) is 1. The molecular weight excluding hydrogens is 592 g/mol. The van der Waals surface area contributed by atoms with Crippen LogP contribution >= 0.6 is 0 Å². The van der Waals surface area contributed by atoms with Crippen molar-refractivity contribution >= 4 is 17.5 Å². The summed E-state index contributed by atoms with van der Waals surface area (Å²) in [5.74, 6) is 0.425. The Morgan fingerprint density at radius 2 is 1.72 bits per heavy atom. The first-order valence-corrected chi connectivity index (χ1v) is 17.7. The van der Waals surface area contributed by atoms with Gasteiger partial charge in [0.25, 0.3) is 0 Å². The molecule has 9 unspecified atom stereocenters. The van der Waals surface area contributed by atoms with E-state index in [0.717, 1.165) is 50.5 Å². The predicted molar refractivity (Wildman–Crippen MR) is 178 cm³/mol. The van der Waals surface area contributed by atoms with E-state index in [2.05, 4.69) is 37.4 Å². The van der Waals surface area contributed by atoms with E-state index in [0.29, 0.717) is 37.4 Å². The molecule has 2 aromatic rings. The lowest BCUT2D eigenvalue weighted by atomic mass is 9.32. The van der Waals surface area contributed by atoms with E-state index in [4.69, 9.17) is 9.15 Å². The Morgan fingerprint density at radius 1 is 0.957 bits per heavy atom. The zero-order valence-corrected chi connectivity index (χ0v) is 27.6. The monoisotopic (exact) mass is 640 g/mol. The highest BCUT2D eigenvalue weighted by Crippen LogP contribution is 2.78. The zero-order valence-electron chi connectivity index (χ0n) is 27.6. The van der Waals surface area contributed by atoms with Crippen LogP contribution in [0.1, 0.15) is 82.2 Å². The van der Waals surface area contributed by atoms with Crippen molar-refractivity contribution in [2.24, 2.45) is 33.5 Å². The first kappa shape index (κ1) is 31.1. The fraction of sp³-hybridized carbons (Fsp3) is 0.590. The van der Waals surface area contributed by atoms with Crippen LogP contribution in [0.25, 0.3) is 0 Å².